The summed E-state index contributed by atoms with van der Waals surface area (Å²) >= 11 is 0. The van der Waals surface area contributed by atoms with Crippen LogP contribution in [0.15, 0.2) is 106 Å². The predicted octanol–water partition coefficient (Wildman–Crippen LogP) is 9.38. The number of furan rings is 1. The number of nitrogens with zero attached hydrogens (tertiary/aromatic N) is 6. The van der Waals surface area contributed by atoms with Crippen molar-refractivity contribution in [3.8, 4) is 34.2 Å². The first kappa shape index (κ1) is 29.4. The molecule has 0 unspecified atom stereocenters. The topological polar surface area (TPSA) is 70.6 Å². The van der Waals surface area contributed by atoms with Gasteiger partial charge in [-0.15, -0.1) is 0 Å². The van der Waals surface area contributed by atoms with Crippen molar-refractivity contribution in [2.24, 2.45) is 4.99 Å². The summed E-state index contributed by atoms with van der Waals surface area (Å²) in [6, 6.07) is 32.8. The Hall–Kier alpha value is -5.04. The summed E-state index contributed by atoms with van der Waals surface area (Å²) in [7, 11) is 0. The zero-order valence-corrected chi connectivity index (χ0v) is 28.3. The van der Waals surface area contributed by atoms with Gasteiger partial charge in [-0.05, 0) is 91.8 Å². The maximum absolute atomic E-state index is 6.38. The molecule has 7 nitrogen and oxygen atoms in total. The zero-order chi connectivity index (χ0) is 32.9. The van der Waals surface area contributed by atoms with Crippen molar-refractivity contribution < 1.29 is 4.42 Å². The van der Waals surface area contributed by atoms with Crippen LogP contribution in [-0.4, -0.2) is 48.0 Å². The smallest absolute Gasteiger partial charge is 0.203 e. The molecule has 0 bridgehead atoms. The monoisotopic (exact) mass is 620 g/mol. The molecule has 0 spiro atoms. The van der Waals surface area contributed by atoms with Crippen LogP contribution in [0.25, 0.3) is 56.1 Å². The highest BCUT2D eigenvalue weighted by atomic mass is 16.3. The average molecular weight is 621 g/mol. The second kappa shape index (κ2) is 9.74. The summed E-state index contributed by atoms with van der Waals surface area (Å²) in [4.78, 5) is 25.1. The predicted molar refractivity (Wildman–Crippen MR) is 191 cm³/mol. The second-order valence-corrected chi connectivity index (χ2v) is 14.9. The van der Waals surface area contributed by atoms with Gasteiger partial charge in [-0.2, -0.15) is 0 Å². The van der Waals surface area contributed by atoms with Crippen LogP contribution in [0, 0.1) is 0 Å². The lowest BCUT2D eigenvalue weighted by molar-refractivity contribution is 0.0529. The number of hydrogen-bond donors (Lipinski definition) is 0. The number of anilines is 1. The molecule has 2 aliphatic heterocycles. The van der Waals surface area contributed by atoms with Crippen molar-refractivity contribution in [3.63, 3.8) is 0 Å². The number of aromatic nitrogens is 3. The molecule has 4 heterocycles. The Morgan fingerprint density at radius 2 is 1.02 bits per heavy atom. The van der Waals surface area contributed by atoms with E-state index in [2.05, 4.69) is 89.5 Å². The van der Waals surface area contributed by atoms with Gasteiger partial charge in [-0.25, -0.2) is 19.9 Å². The average Bonchev–Trinajstić information content (AvgIpc) is 3.56. The van der Waals surface area contributed by atoms with E-state index in [1.807, 2.05) is 72.8 Å². The lowest BCUT2D eigenvalue weighted by Crippen LogP contribution is -2.62. The summed E-state index contributed by atoms with van der Waals surface area (Å²) in [5.41, 5.74) is 4.76. The molecule has 4 aromatic carbocycles. The fourth-order valence-corrected chi connectivity index (χ4v) is 7.28. The summed E-state index contributed by atoms with van der Waals surface area (Å²) in [5.74, 6) is 2.92. The van der Waals surface area contributed by atoms with Crippen LogP contribution >= 0.6 is 0 Å². The first-order valence-electron chi connectivity index (χ1n) is 16.3. The van der Waals surface area contributed by atoms with Crippen LogP contribution in [-0.2, 0) is 0 Å². The highest BCUT2D eigenvalue weighted by Crippen LogP contribution is 2.54. The molecule has 0 saturated carbocycles. The van der Waals surface area contributed by atoms with E-state index in [1.54, 1.807) is 0 Å². The molecule has 47 heavy (non-hydrogen) atoms. The van der Waals surface area contributed by atoms with Crippen LogP contribution in [0.2, 0.25) is 0 Å². The van der Waals surface area contributed by atoms with Crippen LogP contribution in [0.4, 0.5) is 5.69 Å². The molecular weight excluding hydrogens is 580 g/mol. The van der Waals surface area contributed by atoms with E-state index in [1.165, 1.54) is 0 Å². The number of benzene rings is 4. The lowest BCUT2D eigenvalue weighted by atomic mass is 9.76. The zero-order valence-electron chi connectivity index (χ0n) is 28.3. The van der Waals surface area contributed by atoms with E-state index >= 15 is 0 Å². The minimum absolute atomic E-state index is 0.152. The molecule has 1 saturated heterocycles. The molecule has 0 aliphatic carbocycles. The summed E-state index contributed by atoms with van der Waals surface area (Å²) in [6.45, 7) is 18.4. The van der Waals surface area contributed by atoms with Crippen LogP contribution in [0.3, 0.4) is 0 Å². The second-order valence-electron chi connectivity index (χ2n) is 14.9. The van der Waals surface area contributed by atoms with Crippen LogP contribution in [0.1, 0.15) is 55.4 Å². The SMILES string of the molecule is CC1(C)N=C2N(c3ccc4oc5ccc(-c6nc(-c7ccccc7)nc(-c7ccccc7)n6)cc5c4c3)C(C)(C)C(C)(C)N2C1(C)C. The van der Waals surface area contributed by atoms with Gasteiger partial charge in [-0.1, -0.05) is 60.7 Å². The minimum atomic E-state index is -0.239. The van der Waals surface area contributed by atoms with E-state index in [-0.39, 0.29) is 22.2 Å². The van der Waals surface area contributed by atoms with Gasteiger partial charge in [0.1, 0.15) is 11.2 Å². The molecule has 0 atom stereocenters. The van der Waals surface area contributed by atoms with E-state index < -0.39 is 0 Å². The van der Waals surface area contributed by atoms with Gasteiger partial charge in [0.05, 0.1) is 22.2 Å². The first-order valence-corrected chi connectivity index (χ1v) is 16.3. The van der Waals surface area contributed by atoms with Crippen molar-refractivity contribution >= 4 is 33.6 Å². The normalized spacial score (nSPS) is 18.9. The van der Waals surface area contributed by atoms with Crippen molar-refractivity contribution in [3.05, 3.63) is 97.1 Å². The summed E-state index contributed by atoms with van der Waals surface area (Å²) in [6.07, 6.45) is 0. The fraction of sp³-hybridized carbons (Fsp3) is 0.300. The Labute approximate surface area is 276 Å². The third-order valence-corrected chi connectivity index (χ3v) is 11.1. The number of hydrogen-bond acceptors (Lipinski definition) is 7. The third kappa shape index (κ3) is 4.18. The molecule has 0 amide bonds. The molecule has 2 aliphatic rings. The van der Waals surface area contributed by atoms with E-state index in [4.69, 9.17) is 24.4 Å². The molecule has 8 rings (SSSR count). The number of fused-ring (bicyclic) bond motifs is 4. The first-order chi connectivity index (χ1) is 22.3. The lowest BCUT2D eigenvalue weighted by Gasteiger charge is -2.50. The maximum Gasteiger partial charge on any atom is 0.203 e. The molecule has 7 heteroatoms. The minimum Gasteiger partial charge on any atom is -0.456 e. The number of rotatable bonds is 4. The number of aliphatic imine (C=N–C) groups is 1. The van der Waals surface area contributed by atoms with Crippen molar-refractivity contribution in [2.45, 2.75) is 77.5 Å². The quantitative estimate of drug-likeness (QED) is 0.196. The molecule has 0 N–H and O–H groups in total. The van der Waals surface area contributed by atoms with Crippen LogP contribution < -0.4 is 4.90 Å². The van der Waals surface area contributed by atoms with Crippen molar-refractivity contribution in [1.82, 2.24) is 19.9 Å². The van der Waals surface area contributed by atoms with Crippen molar-refractivity contribution in [2.75, 3.05) is 4.90 Å². The molecule has 2 aromatic heterocycles. The van der Waals surface area contributed by atoms with Crippen molar-refractivity contribution in [1.29, 1.82) is 0 Å². The Morgan fingerprint density at radius 1 is 0.511 bits per heavy atom. The van der Waals surface area contributed by atoms with Gasteiger partial charge in [0, 0.05) is 33.2 Å². The van der Waals surface area contributed by atoms with Gasteiger partial charge in [0.2, 0.25) is 5.96 Å². The molecule has 0 radical (unpaired) electrons. The Morgan fingerprint density at radius 3 is 1.60 bits per heavy atom. The van der Waals surface area contributed by atoms with Gasteiger partial charge in [0.15, 0.2) is 17.5 Å². The summed E-state index contributed by atoms with van der Waals surface area (Å²) < 4.78 is 6.38. The van der Waals surface area contributed by atoms with Gasteiger partial charge in [0.25, 0.3) is 0 Å². The van der Waals surface area contributed by atoms with E-state index in [0.29, 0.717) is 17.5 Å². The fourth-order valence-electron chi connectivity index (χ4n) is 7.28. The Balaban J connectivity index is 1.28. The van der Waals surface area contributed by atoms with E-state index in [0.717, 1.165) is 50.3 Å². The number of guanidine groups is 1. The third-order valence-electron chi connectivity index (χ3n) is 11.1. The van der Waals surface area contributed by atoms with Gasteiger partial charge >= 0.3 is 0 Å². The van der Waals surface area contributed by atoms with Gasteiger partial charge in [-0.3, -0.25) is 0 Å². The maximum atomic E-state index is 6.38. The van der Waals surface area contributed by atoms with Gasteiger partial charge < -0.3 is 14.2 Å². The molecule has 6 aromatic rings. The van der Waals surface area contributed by atoms with E-state index in [9.17, 15) is 0 Å². The Bertz CT molecular complexity index is 2150. The van der Waals surface area contributed by atoms with Crippen LogP contribution in [0.5, 0.6) is 0 Å². The molecular formula is C40H40N6O. The summed E-state index contributed by atoms with van der Waals surface area (Å²) in [5, 5.41) is 2.06. The highest BCUT2D eigenvalue weighted by Gasteiger charge is 2.65. The highest BCUT2D eigenvalue weighted by molar-refractivity contribution is 6.10. The molecule has 1 fully saturated rings. The Kier molecular flexibility index (Phi) is 6.08. The molecule has 236 valence electrons. The largest absolute Gasteiger partial charge is 0.456 e. The standard InChI is InChI=1S/C40H40N6O/c1-37(2)38(3,4)46-36(44-37)45(39(5,6)40(46,7)8)28-20-22-32-30(24-28)29-23-27(19-21-31(29)47-32)35-42-33(25-15-11-9-12-16-25)41-34(43-35)26-17-13-10-14-18-26/h9-24H,1-8H3.